The van der Waals surface area contributed by atoms with Crippen LogP contribution in [0.3, 0.4) is 0 Å². The fraction of sp³-hybridized carbons (Fsp3) is 0.273. The van der Waals surface area contributed by atoms with Crippen LogP contribution in [0, 0.1) is 6.92 Å². The number of methoxy groups -OCH3 is 1. The van der Waals surface area contributed by atoms with Crippen LogP contribution in [-0.2, 0) is 7.05 Å². The van der Waals surface area contributed by atoms with E-state index >= 15 is 0 Å². The van der Waals surface area contributed by atoms with E-state index < -0.39 is 0 Å². The third-order valence-corrected chi connectivity index (χ3v) is 2.69. The average Bonchev–Trinajstić information content (AvgIpc) is 2.59. The standard InChI is InChI=1S/C11H12ClN3O/c1-7-13-11(14-15(7)2)8-4-5-10(16-3)9(12)6-8/h4-6H,1-3H3. The summed E-state index contributed by atoms with van der Waals surface area (Å²) in [6.07, 6.45) is 0. The number of aryl methyl sites for hydroxylation is 2. The first-order chi connectivity index (χ1) is 7.61. The molecule has 0 saturated heterocycles. The van der Waals surface area contributed by atoms with E-state index in [1.54, 1.807) is 17.9 Å². The highest BCUT2D eigenvalue weighted by Crippen LogP contribution is 2.28. The molecule has 1 heterocycles. The van der Waals surface area contributed by atoms with Crippen LogP contribution in [0.4, 0.5) is 0 Å². The molecule has 0 radical (unpaired) electrons. The second-order valence-corrected chi connectivity index (χ2v) is 3.86. The van der Waals surface area contributed by atoms with Crippen molar-refractivity contribution in [2.75, 3.05) is 7.11 Å². The molecule has 0 amide bonds. The first-order valence-electron chi connectivity index (χ1n) is 4.83. The van der Waals surface area contributed by atoms with Gasteiger partial charge >= 0.3 is 0 Å². The fourth-order valence-electron chi connectivity index (χ4n) is 1.39. The smallest absolute Gasteiger partial charge is 0.181 e. The van der Waals surface area contributed by atoms with Crippen molar-refractivity contribution in [3.05, 3.63) is 29.0 Å². The molecule has 4 nitrogen and oxygen atoms in total. The lowest BCUT2D eigenvalue weighted by Crippen LogP contribution is -1.92. The summed E-state index contributed by atoms with van der Waals surface area (Å²) in [5.41, 5.74) is 0.884. The molecule has 0 spiro atoms. The molecule has 0 bridgehead atoms. The Kier molecular flexibility index (Phi) is 2.83. The fourth-order valence-corrected chi connectivity index (χ4v) is 1.65. The van der Waals surface area contributed by atoms with Crippen molar-refractivity contribution in [3.63, 3.8) is 0 Å². The summed E-state index contributed by atoms with van der Waals surface area (Å²) in [6.45, 7) is 1.90. The monoisotopic (exact) mass is 237 g/mol. The van der Waals surface area contributed by atoms with Crippen LogP contribution < -0.4 is 4.74 Å². The van der Waals surface area contributed by atoms with Crippen molar-refractivity contribution in [1.82, 2.24) is 14.8 Å². The number of ether oxygens (including phenoxy) is 1. The van der Waals surface area contributed by atoms with E-state index in [0.29, 0.717) is 16.6 Å². The number of benzene rings is 1. The molecule has 2 aromatic rings. The molecule has 0 aliphatic heterocycles. The summed E-state index contributed by atoms with van der Waals surface area (Å²) in [4.78, 5) is 4.33. The summed E-state index contributed by atoms with van der Waals surface area (Å²) in [5, 5.41) is 4.84. The van der Waals surface area contributed by atoms with Gasteiger partial charge in [-0.1, -0.05) is 11.6 Å². The lowest BCUT2D eigenvalue weighted by atomic mass is 10.2. The summed E-state index contributed by atoms with van der Waals surface area (Å²) in [6, 6.07) is 5.50. The molecular formula is C11H12ClN3O. The molecule has 0 aliphatic carbocycles. The van der Waals surface area contributed by atoms with Gasteiger partial charge in [0.05, 0.1) is 12.1 Å². The van der Waals surface area contributed by atoms with Gasteiger partial charge in [0, 0.05) is 12.6 Å². The Morgan fingerprint density at radius 2 is 2.12 bits per heavy atom. The van der Waals surface area contributed by atoms with Gasteiger partial charge in [-0.3, -0.25) is 4.68 Å². The average molecular weight is 238 g/mol. The Balaban J connectivity index is 2.45. The first-order valence-corrected chi connectivity index (χ1v) is 5.21. The quantitative estimate of drug-likeness (QED) is 0.806. The van der Waals surface area contributed by atoms with E-state index in [2.05, 4.69) is 10.1 Å². The predicted octanol–water partition coefficient (Wildman–Crippen LogP) is 2.45. The highest BCUT2D eigenvalue weighted by Gasteiger charge is 2.08. The Bertz CT molecular complexity index is 502. The molecule has 2 rings (SSSR count). The van der Waals surface area contributed by atoms with Crippen molar-refractivity contribution in [1.29, 1.82) is 0 Å². The normalized spacial score (nSPS) is 10.5. The molecule has 0 N–H and O–H groups in total. The van der Waals surface area contributed by atoms with Crippen LogP contribution in [0.1, 0.15) is 5.82 Å². The number of nitrogens with zero attached hydrogens (tertiary/aromatic N) is 3. The van der Waals surface area contributed by atoms with E-state index in [4.69, 9.17) is 16.3 Å². The Morgan fingerprint density at radius 1 is 1.38 bits per heavy atom. The van der Waals surface area contributed by atoms with Crippen molar-refractivity contribution in [2.24, 2.45) is 7.05 Å². The van der Waals surface area contributed by atoms with Crippen LogP contribution in [0.2, 0.25) is 5.02 Å². The predicted molar refractivity (Wildman–Crippen MR) is 62.7 cm³/mol. The van der Waals surface area contributed by atoms with Crippen LogP contribution in [0.5, 0.6) is 5.75 Å². The summed E-state index contributed by atoms with van der Waals surface area (Å²) in [7, 11) is 3.45. The number of halogens is 1. The van der Waals surface area contributed by atoms with Crippen LogP contribution >= 0.6 is 11.6 Å². The zero-order valence-electron chi connectivity index (χ0n) is 9.36. The van der Waals surface area contributed by atoms with Crippen LogP contribution in [0.25, 0.3) is 11.4 Å². The minimum Gasteiger partial charge on any atom is -0.495 e. The van der Waals surface area contributed by atoms with Crippen LogP contribution in [0.15, 0.2) is 18.2 Å². The highest BCUT2D eigenvalue weighted by atomic mass is 35.5. The zero-order valence-corrected chi connectivity index (χ0v) is 10.1. The maximum atomic E-state index is 6.04. The molecule has 1 aromatic carbocycles. The van der Waals surface area contributed by atoms with Gasteiger partial charge in [-0.2, -0.15) is 5.10 Å². The number of hydrogen-bond acceptors (Lipinski definition) is 3. The Hall–Kier alpha value is -1.55. The van der Waals surface area contributed by atoms with E-state index in [-0.39, 0.29) is 0 Å². The topological polar surface area (TPSA) is 39.9 Å². The summed E-state index contributed by atoms with van der Waals surface area (Å²) >= 11 is 6.04. The summed E-state index contributed by atoms with van der Waals surface area (Å²) in [5.74, 6) is 2.18. The molecule has 0 fully saturated rings. The maximum Gasteiger partial charge on any atom is 0.181 e. The van der Waals surface area contributed by atoms with E-state index in [9.17, 15) is 0 Å². The van der Waals surface area contributed by atoms with E-state index in [1.165, 1.54) is 0 Å². The molecule has 5 heteroatoms. The molecular weight excluding hydrogens is 226 g/mol. The third kappa shape index (κ3) is 1.88. The number of hydrogen-bond donors (Lipinski definition) is 0. The second kappa shape index (κ2) is 4.14. The van der Waals surface area contributed by atoms with Crippen molar-refractivity contribution in [2.45, 2.75) is 6.92 Å². The largest absolute Gasteiger partial charge is 0.495 e. The molecule has 0 aliphatic rings. The Morgan fingerprint density at radius 3 is 2.62 bits per heavy atom. The highest BCUT2D eigenvalue weighted by molar-refractivity contribution is 6.32. The van der Waals surface area contributed by atoms with Gasteiger partial charge in [0.1, 0.15) is 11.6 Å². The van der Waals surface area contributed by atoms with Crippen molar-refractivity contribution in [3.8, 4) is 17.1 Å². The zero-order chi connectivity index (χ0) is 11.7. The van der Waals surface area contributed by atoms with Gasteiger partial charge in [0.2, 0.25) is 0 Å². The van der Waals surface area contributed by atoms with Gasteiger partial charge in [-0.25, -0.2) is 4.98 Å². The molecule has 84 valence electrons. The van der Waals surface area contributed by atoms with E-state index in [1.807, 2.05) is 26.1 Å². The lowest BCUT2D eigenvalue weighted by molar-refractivity contribution is 0.415. The van der Waals surface area contributed by atoms with Gasteiger partial charge in [-0.05, 0) is 25.1 Å². The maximum absolute atomic E-state index is 6.04. The third-order valence-electron chi connectivity index (χ3n) is 2.39. The van der Waals surface area contributed by atoms with Gasteiger partial charge in [0.25, 0.3) is 0 Å². The minimum absolute atomic E-state index is 0.560. The molecule has 1 aromatic heterocycles. The number of rotatable bonds is 2. The van der Waals surface area contributed by atoms with Crippen molar-refractivity contribution < 1.29 is 4.74 Å². The summed E-state index contributed by atoms with van der Waals surface area (Å²) < 4.78 is 6.82. The van der Waals surface area contributed by atoms with Gasteiger partial charge < -0.3 is 4.74 Å². The molecule has 0 saturated carbocycles. The minimum atomic E-state index is 0.560. The lowest BCUT2D eigenvalue weighted by Gasteiger charge is -2.03. The first kappa shape index (κ1) is 11.0. The van der Waals surface area contributed by atoms with Crippen molar-refractivity contribution >= 4 is 11.6 Å². The molecule has 16 heavy (non-hydrogen) atoms. The van der Waals surface area contributed by atoms with Gasteiger partial charge in [0.15, 0.2) is 5.82 Å². The SMILES string of the molecule is COc1ccc(-c2nc(C)n(C)n2)cc1Cl. The Labute approximate surface area is 98.8 Å². The van der Waals surface area contributed by atoms with Gasteiger partial charge in [-0.15, -0.1) is 0 Å². The second-order valence-electron chi connectivity index (χ2n) is 3.46. The van der Waals surface area contributed by atoms with E-state index in [0.717, 1.165) is 11.4 Å². The van der Waals surface area contributed by atoms with Crippen LogP contribution in [-0.4, -0.2) is 21.9 Å². The number of aromatic nitrogens is 3. The molecule has 0 unspecified atom stereocenters. The molecule has 0 atom stereocenters.